The highest BCUT2D eigenvalue weighted by molar-refractivity contribution is 5.88. The van der Waals surface area contributed by atoms with Gasteiger partial charge in [-0.3, -0.25) is 4.79 Å². The van der Waals surface area contributed by atoms with Crippen molar-refractivity contribution in [2.45, 2.75) is 13.8 Å². The third kappa shape index (κ3) is 4.79. The van der Waals surface area contributed by atoms with Crippen LogP contribution in [0, 0.1) is 6.92 Å². The number of hydrogen-bond donors (Lipinski definition) is 3. The number of imidazole rings is 1. The lowest BCUT2D eigenvalue weighted by molar-refractivity contribution is -0.114. The smallest absolute Gasteiger partial charge is 0.229 e. The molecule has 0 unspecified atom stereocenters. The van der Waals surface area contributed by atoms with Gasteiger partial charge in [-0.25, -0.2) is 9.97 Å². The molecule has 0 saturated heterocycles. The maximum absolute atomic E-state index is 11.1. The van der Waals surface area contributed by atoms with Gasteiger partial charge in [0.25, 0.3) is 0 Å². The molecule has 0 bridgehead atoms. The molecule has 2 aromatic heterocycles. The summed E-state index contributed by atoms with van der Waals surface area (Å²) in [6.45, 7) is 3.40. The largest absolute Gasteiger partial charge is 0.340 e. The molecule has 3 N–H and O–H groups in total. The van der Waals surface area contributed by atoms with Crippen LogP contribution in [0.15, 0.2) is 73.3 Å². The fraction of sp³-hybridized carbons (Fsp3) is 0.0909. The summed E-state index contributed by atoms with van der Waals surface area (Å²) in [6, 6.07) is 17.2. The number of anilines is 5. The molecule has 0 aliphatic rings. The molecule has 150 valence electrons. The molecular formula is C22H21N7O. The third-order valence-corrected chi connectivity index (χ3v) is 4.26. The summed E-state index contributed by atoms with van der Waals surface area (Å²) in [7, 11) is 0. The number of amides is 1. The van der Waals surface area contributed by atoms with Crippen molar-refractivity contribution < 1.29 is 4.79 Å². The fourth-order valence-electron chi connectivity index (χ4n) is 2.93. The Morgan fingerprint density at radius 1 is 0.900 bits per heavy atom. The van der Waals surface area contributed by atoms with Gasteiger partial charge in [-0.05, 0) is 55.5 Å². The Labute approximate surface area is 174 Å². The van der Waals surface area contributed by atoms with E-state index in [1.165, 1.54) is 6.92 Å². The number of carbonyl (C=O) groups is 1. The van der Waals surface area contributed by atoms with E-state index in [1.807, 2.05) is 72.3 Å². The number of nitrogens with zero attached hydrogens (tertiary/aromatic N) is 4. The van der Waals surface area contributed by atoms with E-state index in [0.717, 1.165) is 28.4 Å². The normalized spacial score (nSPS) is 10.5. The molecule has 2 heterocycles. The SMILES string of the molecule is CC(=O)Nc1ccc(Nc2cc(C)nc(Nc3ccc(-n4ccnc4)cc3)n2)cc1. The van der Waals surface area contributed by atoms with Crippen LogP contribution in [0.2, 0.25) is 0 Å². The van der Waals surface area contributed by atoms with Crippen LogP contribution in [0.5, 0.6) is 0 Å². The Hall–Kier alpha value is -4.20. The lowest BCUT2D eigenvalue weighted by Gasteiger charge is -2.11. The van der Waals surface area contributed by atoms with Crippen LogP contribution < -0.4 is 16.0 Å². The van der Waals surface area contributed by atoms with Gasteiger partial charge in [0.1, 0.15) is 5.82 Å². The Bertz CT molecular complexity index is 1140. The van der Waals surface area contributed by atoms with Crippen LogP contribution in [-0.2, 0) is 4.79 Å². The average molecular weight is 399 g/mol. The zero-order chi connectivity index (χ0) is 20.9. The van der Waals surface area contributed by atoms with Gasteiger partial charge in [-0.2, -0.15) is 4.98 Å². The first-order chi connectivity index (χ1) is 14.5. The highest BCUT2D eigenvalue weighted by Crippen LogP contribution is 2.21. The van der Waals surface area contributed by atoms with E-state index in [-0.39, 0.29) is 5.91 Å². The van der Waals surface area contributed by atoms with Crippen molar-refractivity contribution in [1.82, 2.24) is 19.5 Å². The molecule has 0 atom stereocenters. The standard InChI is InChI=1S/C22H21N7O/c1-15-13-21(26-18-5-3-17(4-6-18)25-16(2)30)28-22(24-15)27-19-7-9-20(10-8-19)29-12-11-23-14-29/h3-14H,1-2H3,(H,25,30)(H2,24,26,27,28). The van der Waals surface area contributed by atoms with E-state index >= 15 is 0 Å². The summed E-state index contributed by atoms with van der Waals surface area (Å²) in [6.07, 6.45) is 5.40. The topological polar surface area (TPSA) is 96.8 Å². The summed E-state index contributed by atoms with van der Waals surface area (Å²) >= 11 is 0. The summed E-state index contributed by atoms with van der Waals surface area (Å²) in [5.41, 5.74) is 4.34. The van der Waals surface area contributed by atoms with Gasteiger partial charge in [-0.1, -0.05) is 0 Å². The Morgan fingerprint density at radius 2 is 1.57 bits per heavy atom. The molecule has 0 spiro atoms. The minimum absolute atomic E-state index is 0.101. The molecular weight excluding hydrogens is 378 g/mol. The third-order valence-electron chi connectivity index (χ3n) is 4.26. The number of benzene rings is 2. The minimum Gasteiger partial charge on any atom is -0.340 e. The summed E-state index contributed by atoms with van der Waals surface area (Å²) < 4.78 is 1.94. The quantitative estimate of drug-likeness (QED) is 0.444. The number of hydrogen-bond acceptors (Lipinski definition) is 6. The van der Waals surface area contributed by atoms with E-state index < -0.39 is 0 Å². The number of aryl methyl sites for hydroxylation is 1. The van der Waals surface area contributed by atoms with Crippen LogP contribution in [0.1, 0.15) is 12.6 Å². The predicted octanol–water partition coefficient (Wildman–Crippen LogP) is 4.42. The fourth-order valence-corrected chi connectivity index (χ4v) is 2.93. The van der Waals surface area contributed by atoms with Gasteiger partial charge in [0.2, 0.25) is 11.9 Å². The molecule has 0 radical (unpaired) electrons. The second-order valence-corrected chi connectivity index (χ2v) is 6.74. The van der Waals surface area contributed by atoms with Gasteiger partial charge < -0.3 is 20.5 Å². The van der Waals surface area contributed by atoms with Crippen molar-refractivity contribution >= 4 is 34.7 Å². The molecule has 0 saturated carbocycles. The van der Waals surface area contributed by atoms with Crippen molar-refractivity contribution in [3.63, 3.8) is 0 Å². The molecule has 30 heavy (non-hydrogen) atoms. The van der Waals surface area contributed by atoms with Crippen LogP contribution in [0.25, 0.3) is 5.69 Å². The number of nitrogens with one attached hydrogen (secondary N) is 3. The second-order valence-electron chi connectivity index (χ2n) is 6.74. The van der Waals surface area contributed by atoms with E-state index in [0.29, 0.717) is 11.8 Å². The van der Waals surface area contributed by atoms with E-state index in [2.05, 4.69) is 30.9 Å². The molecule has 0 aliphatic carbocycles. The Morgan fingerprint density at radius 3 is 2.23 bits per heavy atom. The second kappa shape index (κ2) is 8.44. The first kappa shape index (κ1) is 19.1. The van der Waals surface area contributed by atoms with Gasteiger partial charge >= 0.3 is 0 Å². The van der Waals surface area contributed by atoms with Crippen molar-refractivity contribution in [1.29, 1.82) is 0 Å². The van der Waals surface area contributed by atoms with E-state index in [1.54, 1.807) is 12.5 Å². The molecule has 1 amide bonds. The average Bonchev–Trinajstić information content (AvgIpc) is 3.24. The van der Waals surface area contributed by atoms with Gasteiger partial charge in [0.15, 0.2) is 0 Å². The van der Waals surface area contributed by atoms with Crippen LogP contribution in [0.3, 0.4) is 0 Å². The van der Waals surface area contributed by atoms with Crippen molar-refractivity contribution in [2.75, 3.05) is 16.0 Å². The molecule has 4 aromatic rings. The lowest BCUT2D eigenvalue weighted by Crippen LogP contribution is -2.05. The molecule has 4 rings (SSSR count). The summed E-state index contributed by atoms with van der Waals surface area (Å²) in [5.74, 6) is 1.07. The zero-order valence-corrected chi connectivity index (χ0v) is 16.6. The van der Waals surface area contributed by atoms with Crippen molar-refractivity contribution in [2.24, 2.45) is 0 Å². The Kier molecular flexibility index (Phi) is 5.38. The molecule has 8 nitrogen and oxygen atoms in total. The first-order valence-electron chi connectivity index (χ1n) is 9.41. The monoisotopic (exact) mass is 399 g/mol. The summed E-state index contributed by atoms with van der Waals surface area (Å²) in [5, 5.41) is 9.25. The molecule has 0 aliphatic heterocycles. The van der Waals surface area contributed by atoms with E-state index in [9.17, 15) is 4.79 Å². The lowest BCUT2D eigenvalue weighted by atomic mass is 10.2. The molecule has 2 aromatic carbocycles. The maximum Gasteiger partial charge on any atom is 0.229 e. The van der Waals surface area contributed by atoms with Gasteiger partial charge in [0, 0.05) is 53.8 Å². The van der Waals surface area contributed by atoms with Crippen LogP contribution >= 0.6 is 0 Å². The van der Waals surface area contributed by atoms with Crippen molar-refractivity contribution in [3.8, 4) is 5.69 Å². The maximum atomic E-state index is 11.1. The Balaban J connectivity index is 1.47. The highest BCUT2D eigenvalue weighted by Gasteiger charge is 2.05. The number of carbonyl (C=O) groups excluding carboxylic acids is 1. The van der Waals surface area contributed by atoms with Crippen LogP contribution in [-0.4, -0.2) is 25.4 Å². The number of rotatable bonds is 6. The summed E-state index contributed by atoms with van der Waals surface area (Å²) in [4.78, 5) is 24.2. The first-order valence-corrected chi connectivity index (χ1v) is 9.41. The predicted molar refractivity (Wildman–Crippen MR) is 118 cm³/mol. The molecule has 0 fully saturated rings. The van der Waals surface area contributed by atoms with Crippen molar-refractivity contribution in [3.05, 3.63) is 79.0 Å². The highest BCUT2D eigenvalue weighted by atomic mass is 16.1. The zero-order valence-electron chi connectivity index (χ0n) is 16.6. The minimum atomic E-state index is -0.101. The molecule has 8 heteroatoms. The van der Waals surface area contributed by atoms with Gasteiger partial charge in [-0.15, -0.1) is 0 Å². The van der Waals surface area contributed by atoms with E-state index in [4.69, 9.17) is 0 Å². The van der Waals surface area contributed by atoms with Crippen LogP contribution in [0.4, 0.5) is 28.8 Å². The van der Waals surface area contributed by atoms with Gasteiger partial charge in [0.05, 0.1) is 6.33 Å². The number of aromatic nitrogens is 4.